The first-order valence-electron chi connectivity index (χ1n) is 7.17. The third-order valence-electron chi connectivity index (χ3n) is 3.73. The maximum atomic E-state index is 11.9. The highest BCUT2D eigenvalue weighted by molar-refractivity contribution is 5.82. The summed E-state index contributed by atoms with van der Waals surface area (Å²) in [4.78, 5) is 16.3. The molecule has 0 aliphatic carbocycles. The first kappa shape index (κ1) is 14.0. The summed E-state index contributed by atoms with van der Waals surface area (Å²) in [5.41, 5.74) is 2.73. The fraction of sp³-hybridized carbons (Fsp3) is 0.467. The number of nitrogens with zero attached hydrogens (tertiary/aromatic N) is 1. The molecule has 112 valence electrons. The van der Waals surface area contributed by atoms with E-state index >= 15 is 0 Å². The smallest absolute Gasteiger partial charge is 0.237 e. The predicted octanol–water partition coefficient (Wildman–Crippen LogP) is 0.518. The summed E-state index contributed by atoms with van der Waals surface area (Å²) in [6, 6.07) is 5.52. The third kappa shape index (κ3) is 3.06. The highest BCUT2D eigenvalue weighted by atomic mass is 16.3. The van der Waals surface area contributed by atoms with E-state index in [0.29, 0.717) is 31.8 Å². The normalized spacial score (nSPS) is 21.8. The largest absolute Gasteiger partial charge is 0.441 e. The molecule has 1 amide bonds. The zero-order valence-electron chi connectivity index (χ0n) is 11.9. The van der Waals surface area contributed by atoms with Gasteiger partial charge in [0.1, 0.15) is 5.52 Å². The van der Waals surface area contributed by atoms with Gasteiger partial charge in [0, 0.05) is 19.5 Å². The molecule has 2 atom stereocenters. The molecule has 6 nitrogen and oxygen atoms in total. The van der Waals surface area contributed by atoms with Crippen LogP contribution in [0.5, 0.6) is 0 Å². The number of oxazole rings is 1. The SMILES string of the molecule is Cc1cccc2oc(CCNC(=O)[C@H]3C[C@H](O)CN3)nc12. The summed E-state index contributed by atoms with van der Waals surface area (Å²) >= 11 is 0. The Kier molecular flexibility index (Phi) is 3.90. The zero-order valence-corrected chi connectivity index (χ0v) is 11.9. The van der Waals surface area contributed by atoms with Gasteiger partial charge in [-0.1, -0.05) is 12.1 Å². The first-order chi connectivity index (χ1) is 10.1. The number of amides is 1. The fourth-order valence-corrected chi connectivity index (χ4v) is 2.57. The molecular formula is C15H19N3O3. The Balaban J connectivity index is 1.54. The number of rotatable bonds is 4. The second-order valence-electron chi connectivity index (χ2n) is 5.42. The van der Waals surface area contributed by atoms with E-state index in [0.717, 1.165) is 16.7 Å². The number of aliphatic hydroxyl groups excluding tert-OH is 1. The van der Waals surface area contributed by atoms with Gasteiger partial charge < -0.3 is 20.2 Å². The van der Waals surface area contributed by atoms with Crippen LogP contribution < -0.4 is 10.6 Å². The number of carbonyl (C=O) groups is 1. The topological polar surface area (TPSA) is 87.4 Å². The molecule has 0 saturated carbocycles. The van der Waals surface area contributed by atoms with Crippen LogP contribution in [0.15, 0.2) is 22.6 Å². The number of carbonyl (C=O) groups excluding carboxylic acids is 1. The number of hydrogen-bond acceptors (Lipinski definition) is 5. The van der Waals surface area contributed by atoms with Crippen LogP contribution in [-0.2, 0) is 11.2 Å². The Hall–Kier alpha value is -1.92. The van der Waals surface area contributed by atoms with Crippen molar-refractivity contribution in [1.82, 2.24) is 15.6 Å². The number of hydrogen-bond donors (Lipinski definition) is 3. The van der Waals surface area contributed by atoms with Gasteiger partial charge in [-0.3, -0.25) is 4.79 Å². The number of β-amino-alcohol motifs (C(OH)–C–C–N with tert-alkyl or cyclic N) is 1. The lowest BCUT2D eigenvalue weighted by Gasteiger charge is -2.09. The van der Waals surface area contributed by atoms with Crippen molar-refractivity contribution >= 4 is 17.0 Å². The van der Waals surface area contributed by atoms with Crippen molar-refractivity contribution in [3.8, 4) is 0 Å². The lowest BCUT2D eigenvalue weighted by atomic mass is 10.2. The standard InChI is InChI=1S/C15H19N3O3/c1-9-3-2-4-12-14(9)18-13(21-12)5-6-16-15(20)11-7-10(19)8-17-11/h2-4,10-11,17,19H,5-8H2,1H3,(H,16,20)/t10-,11+/m0/s1. The average molecular weight is 289 g/mol. The predicted molar refractivity (Wildman–Crippen MR) is 77.9 cm³/mol. The maximum Gasteiger partial charge on any atom is 0.237 e. The van der Waals surface area contributed by atoms with E-state index in [-0.39, 0.29) is 11.9 Å². The van der Waals surface area contributed by atoms with Crippen molar-refractivity contribution in [2.45, 2.75) is 31.9 Å². The van der Waals surface area contributed by atoms with Crippen LogP contribution >= 0.6 is 0 Å². The number of para-hydroxylation sites is 1. The van der Waals surface area contributed by atoms with Crippen LogP contribution in [0.25, 0.3) is 11.1 Å². The Bertz CT molecular complexity index is 653. The summed E-state index contributed by atoms with van der Waals surface area (Å²) in [7, 11) is 0. The molecule has 0 spiro atoms. The van der Waals surface area contributed by atoms with Gasteiger partial charge in [-0.15, -0.1) is 0 Å². The van der Waals surface area contributed by atoms with E-state index in [1.807, 2.05) is 25.1 Å². The molecule has 3 rings (SSSR count). The number of aryl methyl sites for hydroxylation is 1. The molecule has 3 N–H and O–H groups in total. The Morgan fingerprint density at radius 2 is 2.43 bits per heavy atom. The molecule has 1 aromatic heterocycles. The van der Waals surface area contributed by atoms with Gasteiger partial charge in [-0.25, -0.2) is 4.98 Å². The monoisotopic (exact) mass is 289 g/mol. The first-order valence-corrected chi connectivity index (χ1v) is 7.17. The van der Waals surface area contributed by atoms with Gasteiger partial charge in [0.2, 0.25) is 5.91 Å². The minimum absolute atomic E-state index is 0.0844. The number of benzene rings is 1. The Labute approximate surface area is 122 Å². The molecule has 1 aliphatic heterocycles. The quantitative estimate of drug-likeness (QED) is 0.763. The lowest BCUT2D eigenvalue weighted by molar-refractivity contribution is -0.122. The minimum atomic E-state index is -0.430. The third-order valence-corrected chi connectivity index (χ3v) is 3.73. The van der Waals surface area contributed by atoms with Crippen molar-refractivity contribution in [3.63, 3.8) is 0 Å². The minimum Gasteiger partial charge on any atom is -0.441 e. The van der Waals surface area contributed by atoms with Crippen molar-refractivity contribution in [1.29, 1.82) is 0 Å². The molecule has 1 aromatic carbocycles. The summed E-state index contributed by atoms with van der Waals surface area (Å²) in [5.74, 6) is 0.540. The molecule has 1 saturated heterocycles. The van der Waals surface area contributed by atoms with Gasteiger partial charge in [-0.2, -0.15) is 0 Å². The van der Waals surface area contributed by atoms with E-state index in [1.54, 1.807) is 0 Å². The van der Waals surface area contributed by atoms with Crippen molar-refractivity contribution < 1.29 is 14.3 Å². The summed E-state index contributed by atoms with van der Waals surface area (Å²) in [6.45, 7) is 2.94. The van der Waals surface area contributed by atoms with Crippen LogP contribution in [0.1, 0.15) is 17.9 Å². The van der Waals surface area contributed by atoms with Crippen molar-refractivity contribution in [3.05, 3.63) is 29.7 Å². The number of nitrogens with one attached hydrogen (secondary N) is 2. The van der Waals surface area contributed by atoms with Crippen molar-refractivity contribution in [2.75, 3.05) is 13.1 Å². The van der Waals surface area contributed by atoms with E-state index in [1.165, 1.54) is 0 Å². The molecule has 2 aromatic rings. The van der Waals surface area contributed by atoms with E-state index in [9.17, 15) is 9.90 Å². The van der Waals surface area contributed by atoms with Gasteiger partial charge in [0.05, 0.1) is 12.1 Å². The van der Waals surface area contributed by atoms with Crippen LogP contribution in [0.3, 0.4) is 0 Å². The Morgan fingerprint density at radius 1 is 1.57 bits per heavy atom. The molecule has 1 fully saturated rings. The molecule has 0 bridgehead atoms. The second-order valence-corrected chi connectivity index (χ2v) is 5.42. The highest BCUT2D eigenvalue weighted by Gasteiger charge is 2.27. The molecule has 2 heterocycles. The second kappa shape index (κ2) is 5.83. The van der Waals surface area contributed by atoms with Gasteiger partial charge >= 0.3 is 0 Å². The van der Waals surface area contributed by atoms with Gasteiger partial charge in [0.25, 0.3) is 0 Å². The molecule has 0 radical (unpaired) electrons. The maximum absolute atomic E-state index is 11.9. The van der Waals surface area contributed by atoms with Gasteiger partial charge in [-0.05, 0) is 25.0 Å². The van der Waals surface area contributed by atoms with Crippen LogP contribution in [0.4, 0.5) is 0 Å². The van der Waals surface area contributed by atoms with Crippen LogP contribution in [0, 0.1) is 6.92 Å². The molecule has 1 aliphatic rings. The van der Waals surface area contributed by atoms with Gasteiger partial charge in [0.15, 0.2) is 11.5 Å². The molecular weight excluding hydrogens is 270 g/mol. The molecule has 6 heteroatoms. The fourth-order valence-electron chi connectivity index (χ4n) is 2.57. The average Bonchev–Trinajstić information content (AvgIpc) is 3.05. The van der Waals surface area contributed by atoms with Crippen LogP contribution in [-0.4, -0.2) is 41.2 Å². The lowest BCUT2D eigenvalue weighted by Crippen LogP contribution is -2.41. The van der Waals surface area contributed by atoms with E-state index < -0.39 is 6.10 Å². The van der Waals surface area contributed by atoms with E-state index in [2.05, 4.69) is 15.6 Å². The number of fused-ring (bicyclic) bond motifs is 1. The van der Waals surface area contributed by atoms with Crippen molar-refractivity contribution in [2.24, 2.45) is 0 Å². The highest BCUT2D eigenvalue weighted by Crippen LogP contribution is 2.18. The summed E-state index contributed by atoms with van der Waals surface area (Å²) in [5, 5.41) is 15.2. The van der Waals surface area contributed by atoms with Crippen LogP contribution in [0.2, 0.25) is 0 Å². The number of aliphatic hydroxyl groups is 1. The Morgan fingerprint density at radius 3 is 3.14 bits per heavy atom. The summed E-state index contributed by atoms with van der Waals surface area (Å²) < 4.78 is 5.66. The number of aromatic nitrogens is 1. The van der Waals surface area contributed by atoms with E-state index in [4.69, 9.17) is 4.42 Å². The zero-order chi connectivity index (χ0) is 14.8. The summed E-state index contributed by atoms with van der Waals surface area (Å²) in [6.07, 6.45) is 0.587. The molecule has 21 heavy (non-hydrogen) atoms. The molecule has 0 unspecified atom stereocenters.